The molecule has 7 unspecified atom stereocenters. The van der Waals surface area contributed by atoms with Crippen molar-refractivity contribution in [1.29, 1.82) is 0 Å². The molecular formula is C60H119NO11S. The second-order valence-corrected chi connectivity index (χ2v) is 23.4. The largest absolute Gasteiger partial charge is 0.397 e. The van der Waals surface area contributed by atoms with Gasteiger partial charge in [0.15, 0.2) is 6.29 Å². The van der Waals surface area contributed by atoms with Crippen LogP contribution in [0.4, 0.5) is 0 Å². The molecule has 436 valence electrons. The number of carbonyl (C=O) groups is 1. The number of hydrogen-bond acceptors (Lipinski definition) is 10. The summed E-state index contributed by atoms with van der Waals surface area (Å²) in [5, 5.41) is 45.2. The van der Waals surface area contributed by atoms with Gasteiger partial charge >= 0.3 is 10.4 Å². The molecule has 0 aromatic carbocycles. The normalized spacial score (nSPS) is 19.1. The van der Waals surface area contributed by atoms with Gasteiger partial charge in [0.2, 0.25) is 5.91 Å². The van der Waals surface area contributed by atoms with Crippen LogP contribution in [-0.4, -0.2) is 95.4 Å². The van der Waals surface area contributed by atoms with E-state index in [1.54, 1.807) is 0 Å². The van der Waals surface area contributed by atoms with E-state index >= 15 is 0 Å². The quantitative estimate of drug-likeness (QED) is 0.0251. The Bertz CT molecular complexity index is 1290. The lowest BCUT2D eigenvalue weighted by Gasteiger charge is -2.41. The highest BCUT2D eigenvalue weighted by atomic mass is 32.3. The Labute approximate surface area is 449 Å². The van der Waals surface area contributed by atoms with E-state index in [2.05, 4.69) is 23.3 Å². The van der Waals surface area contributed by atoms with Crippen LogP contribution in [0.5, 0.6) is 0 Å². The molecule has 1 aliphatic rings. The Morgan fingerprint density at radius 1 is 0.493 bits per heavy atom. The van der Waals surface area contributed by atoms with Crippen molar-refractivity contribution in [3.8, 4) is 0 Å². The first-order valence-corrected chi connectivity index (χ1v) is 32.8. The molecule has 0 aliphatic carbocycles. The third-order valence-corrected chi connectivity index (χ3v) is 15.9. The van der Waals surface area contributed by atoms with Crippen LogP contribution in [-0.2, 0) is 28.9 Å². The minimum atomic E-state index is -5.08. The van der Waals surface area contributed by atoms with Crippen LogP contribution in [0.1, 0.15) is 322 Å². The molecule has 7 atom stereocenters. The smallest absolute Gasteiger partial charge is 0.394 e. The minimum absolute atomic E-state index is 0.221. The molecule has 13 heteroatoms. The number of hydrogen-bond donors (Lipinski definition) is 6. The lowest BCUT2D eigenvalue weighted by Crippen LogP contribution is -2.61. The number of carbonyl (C=O) groups excluding carboxylic acids is 1. The predicted molar refractivity (Wildman–Crippen MR) is 301 cm³/mol. The van der Waals surface area contributed by atoms with E-state index in [0.29, 0.717) is 12.8 Å². The maximum atomic E-state index is 13.2. The highest BCUT2D eigenvalue weighted by Crippen LogP contribution is 2.26. The van der Waals surface area contributed by atoms with Gasteiger partial charge in [-0.15, -0.1) is 0 Å². The van der Waals surface area contributed by atoms with Crippen LogP contribution < -0.4 is 5.32 Å². The second kappa shape index (κ2) is 50.6. The van der Waals surface area contributed by atoms with Gasteiger partial charge in [-0.2, -0.15) is 8.42 Å². The maximum absolute atomic E-state index is 13.2. The first-order chi connectivity index (χ1) is 35.5. The summed E-state index contributed by atoms with van der Waals surface area (Å²) < 4.78 is 48.0. The van der Waals surface area contributed by atoms with Crippen LogP contribution in [0.15, 0.2) is 0 Å². The molecule has 0 bridgehead atoms. The van der Waals surface area contributed by atoms with E-state index in [1.165, 1.54) is 244 Å². The van der Waals surface area contributed by atoms with Gasteiger partial charge < -0.3 is 35.2 Å². The Kier molecular flexibility index (Phi) is 48.6. The summed E-state index contributed by atoms with van der Waals surface area (Å²) in [5.41, 5.74) is 0. The van der Waals surface area contributed by atoms with Gasteiger partial charge in [0.25, 0.3) is 0 Å². The van der Waals surface area contributed by atoms with Crippen LogP contribution in [0.2, 0.25) is 0 Å². The fraction of sp³-hybridized carbons (Fsp3) is 0.983. The molecule has 6 N–H and O–H groups in total. The first-order valence-electron chi connectivity index (χ1n) is 31.4. The van der Waals surface area contributed by atoms with E-state index in [9.17, 15) is 38.2 Å². The zero-order chi connectivity index (χ0) is 53.3. The average molecular weight is 1060 g/mol. The molecule has 0 saturated carbocycles. The number of nitrogens with one attached hydrogen (secondary N) is 1. The predicted octanol–water partition coefficient (Wildman–Crippen LogP) is 15.2. The van der Waals surface area contributed by atoms with Gasteiger partial charge in [0, 0.05) is 6.42 Å². The van der Waals surface area contributed by atoms with E-state index in [0.717, 1.165) is 51.4 Å². The summed E-state index contributed by atoms with van der Waals surface area (Å²) >= 11 is 0. The Balaban J connectivity index is 2.23. The zero-order valence-electron chi connectivity index (χ0n) is 47.5. The molecule has 1 rings (SSSR count). The van der Waals surface area contributed by atoms with Gasteiger partial charge in [-0.1, -0.05) is 303 Å². The topological polar surface area (TPSA) is 192 Å². The van der Waals surface area contributed by atoms with Gasteiger partial charge in [0.05, 0.1) is 25.4 Å². The minimum Gasteiger partial charge on any atom is -0.394 e. The van der Waals surface area contributed by atoms with E-state index in [1.807, 2.05) is 0 Å². The van der Waals surface area contributed by atoms with Gasteiger partial charge in [0.1, 0.15) is 24.4 Å². The van der Waals surface area contributed by atoms with Crippen molar-refractivity contribution in [1.82, 2.24) is 5.32 Å². The maximum Gasteiger partial charge on any atom is 0.397 e. The third kappa shape index (κ3) is 42.8. The Morgan fingerprint density at radius 2 is 0.795 bits per heavy atom. The Hall–Kier alpha value is -0.900. The number of aliphatic hydroxyl groups is 4. The van der Waals surface area contributed by atoms with Gasteiger partial charge in [-0.05, 0) is 12.8 Å². The van der Waals surface area contributed by atoms with Crippen LogP contribution in [0.3, 0.4) is 0 Å². The summed E-state index contributed by atoms with van der Waals surface area (Å²) in [5.74, 6) is -0.221. The summed E-state index contributed by atoms with van der Waals surface area (Å²) in [6.45, 7) is 3.51. The molecule has 12 nitrogen and oxygen atoms in total. The Morgan fingerprint density at radius 3 is 1.10 bits per heavy atom. The van der Waals surface area contributed by atoms with E-state index < -0.39 is 59.9 Å². The number of rotatable bonds is 56. The molecule has 1 amide bonds. The lowest BCUT2D eigenvalue weighted by molar-refractivity contribution is -0.298. The monoisotopic (exact) mass is 1060 g/mol. The molecule has 1 heterocycles. The van der Waals surface area contributed by atoms with Crippen molar-refractivity contribution < 1.29 is 51.8 Å². The van der Waals surface area contributed by atoms with Crippen LogP contribution in [0, 0.1) is 0 Å². The molecule has 1 fully saturated rings. The fourth-order valence-electron chi connectivity index (χ4n) is 10.6. The number of unbranched alkanes of at least 4 members (excludes halogenated alkanes) is 44. The molecule has 0 aromatic heterocycles. The number of aliphatic hydroxyl groups excluding tert-OH is 4. The summed E-state index contributed by atoms with van der Waals surface area (Å²) in [6.07, 6.45) is 51.3. The zero-order valence-corrected chi connectivity index (χ0v) is 48.3. The SMILES string of the molecule is CCCCCCCCCCCCCCCCCCCCCCCCCCCCCCCCC(=O)NC(COC1OC(CO)C(O)C(OS(=O)(=O)O)C1O)C(O)CCCCCCCCCCCCCCCCCC. The molecule has 73 heavy (non-hydrogen) atoms. The van der Waals surface area contributed by atoms with Crippen molar-refractivity contribution >= 4 is 16.3 Å². The van der Waals surface area contributed by atoms with Crippen molar-refractivity contribution in [2.45, 2.75) is 365 Å². The van der Waals surface area contributed by atoms with Crippen LogP contribution in [0.25, 0.3) is 0 Å². The second-order valence-electron chi connectivity index (χ2n) is 22.4. The summed E-state index contributed by atoms with van der Waals surface area (Å²) in [4.78, 5) is 13.2. The molecule has 1 saturated heterocycles. The summed E-state index contributed by atoms with van der Waals surface area (Å²) in [6, 6.07) is -0.853. The standard InChI is InChI=1S/C60H119NO11S/c1-3-5-7-9-11-13-15-17-19-21-22-23-24-25-26-27-28-29-30-31-32-33-34-36-38-40-42-44-46-48-50-56(64)61-53(52-70-60-58(66)59(72-73(67,68)69)57(65)55(51-62)71-60)54(63)49-47-45-43-41-39-37-35-20-18-16-14-12-10-8-6-4-2/h53-55,57-60,62-63,65-66H,3-52H2,1-2H3,(H,61,64)(H,67,68,69). The van der Waals surface area contributed by atoms with Crippen LogP contribution >= 0.6 is 0 Å². The fourth-order valence-corrected chi connectivity index (χ4v) is 11.1. The molecule has 1 aliphatic heterocycles. The van der Waals surface area contributed by atoms with Crippen molar-refractivity contribution in [2.24, 2.45) is 0 Å². The summed E-state index contributed by atoms with van der Waals surface area (Å²) in [7, 11) is -5.08. The van der Waals surface area contributed by atoms with Crippen molar-refractivity contribution in [2.75, 3.05) is 13.2 Å². The first kappa shape index (κ1) is 70.1. The highest BCUT2D eigenvalue weighted by Gasteiger charge is 2.48. The molecule has 0 spiro atoms. The lowest BCUT2D eigenvalue weighted by atomic mass is 9.99. The van der Waals surface area contributed by atoms with Crippen molar-refractivity contribution in [3.05, 3.63) is 0 Å². The number of amides is 1. The van der Waals surface area contributed by atoms with E-state index in [-0.39, 0.29) is 12.5 Å². The highest BCUT2D eigenvalue weighted by molar-refractivity contribution is 7.80. The van der Waals surface area contributed by atoms with Crippen molar-refractivity contribution in [3.63, 3.8) is 0 Å². The molecule has 0 radical (unpaired) electrons. The van der Waals surface area contributed by atoms with E-state index in [4.69, 9.17) is 9.47 Å². The average Bonchev–Trinajstić information content (AvgIpc) is 3.37. The third-order valence-electron chi connectivity index (χ3n) is 15.4. The molecular weight excluding hydrogens is 943 g/mol. The molecule has 0 aromatic rings. The van der Waals surface area contributed by atoms with Gasteiger partial charge in [-0.25, -0.2) is 4.18 Å². The number of ether oxygens (including phenoxy) is 2. The van der Waals surface area contributed by atoms with Gasteiger partial charge in [-0.3, -0.25) is 9.35 Å².